The molecule has 0 aliphatic carbocycles. The molecule has 2 fully saturated rings. The zero-order valence-electron chi connectivity index (χ0n) is 11.9. The summed E-state index contributed by atoms with van der Waals surface area (Å²) in [5, 5.41) is 4.31. The maximum atomic E-state index is 5.96. The minimum absolute atomic E-state index is 0. The highest BCUT2D eigenvalue weighted by molar-refractivity contribution is 6.30. The number of hydrogen-bond donors (Lipinski definition) is 1. The monoisotopic (exact) mass is 314 g/mol. The minimum Gasteiger partial charge on any atom is -0.317 e. The molecule has 112 valence electrons. The summed E-state index contributed by atoms with van der Waals surface area (Å²) in [6.07, 6.45) is 6.53. The third-order valence-corrected chi connectivity index (χ3v) is 4.84. The van der Waals surface area contributed by atoms with Crippen LogP contribution in [0.15, 0.2) is 24.3 Å². The first-order valence-electron chi connectivity index (χ1n) is 7.54. The van der Waals surface area contributed by atoms with Crippen molar-refractivity contribution in [3.05, 3.63) is 34.9 Å². The highest BCUT2D eigenvalue weighted by Gasteiger charge is 2.31. The predicted octanol–water partition coefficient (Wildman–Crippen LogP) is 3.52. The smallest absolute Gasteiger partial charge is 0.0406 e. The maximum Gasteiger partial charge on any atom is 0.0406 e. The van der Waals surface area contributed by atoms with E-state index >= 15 is 0 Å². The SMILES string of the molecule is Cl.Clc1ccc(CC2CCCN2C2CCNCC2)cc1. The van der Waals surface area contributed by atoms with Gasteiger partial charge in [-0.1, -0.05) is 23.7 Å². The Labute approximate surface area is 133 Å². The molecule has 1 unspecified atom stereocenters. The molecule has 4 heteroatoms. The van der Waals surface area contributed by atoms with Gasteiger partial charge in [0.1, 0.15) is 0 Å². The lowest BCUT2D eigenvalue weighted by Crippen LogP contribution is -2.45. The van der Waals surface area contributed by atoms with Crippen molar-refractivity contribution in [2.45, 2.75) is 44.2 Å². The van der Waals surface area contributed by atoms with Crippen LogP contribution in [-0.2, 0) is 6.42 Å². The molecule has 0 bridgehead atoms. The van der Waals surface area contributed by atoms with Gasteiger partial charge in [-0.2, -0.15) is 0 Å². The Balaban J connectivity index is 0.00000147. The molecule has 3 rings (SSSR count). The molecular formula is C16H24Cl2N2. The Bertz CT molecular complexity index is 401. The molecule has 2 saturated heterocycles. The van der Waals surface area contributed by atoms with E-state index in [0.717, 1.165) is 17.1 Å². The fourth-order valence-corrected chi connectivity index (χ4v) is 3.71. The predicted molar refractivity (Wildman–Crippen MR) is 88.0 cm³/mol. The Hall–Kier alpha value is -0.280. The molecule has 1 atom stereocenters. The zero-order chi connectivity index (χ0) is 13.1. The number of halogens is 2. The molecule has 2 aliphatic heterocycles. The number of piperidine rings is 1. The van der Waals surface area contributed by atoms with Gasteiger partial charge in [-0.3, -0.25) is 4.90 Å². The third kappa shape index (κ3) is 3.88. The molecular weight excluding hydrogens is 291 g/mol. The zero-order valence-corrected chi connectivity index (χ0v) is 13.4. The summed E-state index contributed by atoms with van der Waals surface area (Å²) in [4.78, 5) is 2.77. The standard InChI is InChI=1S/C16H23ClN2.ClH/c17-14-5-3-13(4-6-14)12-16-2-1-11-19(16)15-7-9-18-10-8-15;/h3-6,15-16,18H,1-2,7-12H2;1H. The largest absolute Gasteiger partial charge is 0.317 e. The molecule has 1 aromatic carbocycles. The van der Waals surface area contributed by atoms with E-state index in [9.17, 15) is 0 Å². The second kappa shape index (κ2) is 7.65. The van der Waals surface area contributed by atoms with E-state index in [2.05, 4.69) is 22.3 Å². The van der Waals surface area contributed by atoms with E-state index in [-0.39, 0.29) is 12.4 Å². The van der Waals surface area contributed by atoms with Gasteiger partial charge in [-0.15, -0.1) is 12.4 Å². The van der Waals surface area contributed by atoms with E-state index in [4.69, 9.17) is 11.6 Å². The molecule has 2 nitrogen and oxygen atoms in total. The Morgan fingerprint density at radius 3 is 2.50 bits per heavy atom. The highest BCUT2D eigenvalue weighted by atomic mass is 35.5. The lowest BCUT2D eigenvalue weighted by atomic mass is 10.00. The van der Waals surface area contributed by atoms with Crippen molar-refractivity contribution in [3.63, 3.8) is 0 Å². The van der Waals surface area contributed by atoms with Gasteiger partial charge in [0.15, 0.2) is 0 Å². The van der Waals surface area contributed by atoms with Gasteiger partial charge in [0.05, 0.1) is 0 Å². The second-order valence-electron chi connectivity index (χ2n) is 5.85. The fourth-order valence-electron chi connectivity index (χ4n) is 3.59. The molecule has 0 aromatic heterocycles. The Morgan fingerprint density at radius 1 is 1.10 bits per heavy atom. The van der Waals surface area contributed by atoms with Crippen molar-refractivity contribution in [3.8, 4) is 0 Å². The summed E-state index contributed by atoms with van der Waals surface area (Å²) in [5.41, 5.74) is 1.43. The molecule has 2 aliphatic rings. The van der Waals surface area contributed by atoms with Gasteiger partial charge in [-0.05, 0) is 69.4 Å². The highest BCUT2D eigenvalue weighted by Crippen LogP contribution is 2.27. The van der Waals surface area contributed by atoms with Crippen LogP contribution >= 0.6 is 24.0 Å². The molecule has 2 heterocycles. The van der Waals surface area contributed by atoms with Crippen LogP contribution in [-0.4, -0.2) is 36.6 Å². The summed E-state index contributed by atoms with van der Waals surface area (Å²) in [6, 6.07) is 9.94. The van der Waals surface area contributed by atoms with Crippen molar-refractivity contribution in [1.29, 1.82) is 0 Å². The van der Waals surface area contributed by atoms with Crippen molar-refractivity contribution < 1.29 is 0 Å². The van der Waals surface area contributed by atoms with E-state index in [0.29, 0.717) is 0 Å². The van der Waals surface area contributed by atoms with Crippen LogP contribution in [0.5, 0.6) is 0 Å². The number of benzene rings is 1. The topological polar surface area (TPSA) is 15.3 Å². The number of hydrogen-bond acceptors (Lipinski definition) is 2. The van der Waals surface area contributed by atoms with Crippen molar-refractivity contribution in [2.75, 3.05) is 19.6 Å². The third-order valence-electron chi connectivity index (χ3n) is 4.58. The Morgan fingerprint density at radius 2 is 1.80 bits per heavy atom. The van der Waals surface area contributed by atoms with E-state index < -0.39 is 0 Å². The van der Waals surface area contributed by atoms with Crippen LogP contribution in [0.2, 0.25) is 5.02 Å². The van der Waals surface area contributed by atoms with E-state index in [1.54, 1.807) is 0 Å². The van der Waals surface area contributed by atoms with Gasteiger partial charge in [0, 0.05) is 17.1 Å². The van der Waals surface area contributed by atoms with Crippen LogP contribution in [0.4, 0.5) is 0 Å². The summed E-state index contributed by atoms with van der Waals surface area (Å²) in [6.45, 7) is 3.67. The Kier molecular flexibility index (Phi) is 6.16. The molecule has 0 spiro atoms. The lowest BCUT2D eigenvalue weighted by Gasteiger charge is -2.36. The number of nitrogens with one attached hydrogen (secondary N) is 1. The first kappa shape index (κ1) is 16.1. The molecule has 0 amide bonds. The van der Waals surface area contributed by atoms with Crippen molar-refractivity contribution in [1.82, 2.24) is 10.2 Å². The van der Waals surface area contributed by atoms with Crippen molar-refractivity contribution in [2.24, 2.45) is 0 Å². The summed E-state index contributed by atoms with van der Waals surface area (Å²) in [5.74, 6) is 0. The molecule has 1 aromatic rings. The summed E-state index contributed by atoms with van der Waals surface area (Å²) < 4.78 is 0. The van der Waals surface area contributed by atoms with Gasteiger partial charge in [0.2, 0.25) is 0 Å². The van der Waals surface area contributed by atoms with E-state index in [1.807, 2.05) is 12.1 Å². The minimum atomic E-state index is 0. The molecule has 0 radical (unpaired) electrons. The summed E-state index contributed by atoms with van der Waals surface area (Å²) >= 11 is 5.96. The van der Waals surface area contributed by atoms with Crippen LogP contribution in [0, 0.1) is 0 Å². The first-order chi connectivity index (χ1) is 9.33. The number of rotatable bonds is 3. The van der Waals surface area contributed by atoms with Gasteiger partial charge in [-0.25, -0.2) is 0 Å². The van der Waals surface area contributed by atoms with Crippen LogP contribution in [0.25, 0.3) is 0 Å². The van der Waals surface area contributed by atoms with Crippen LogP contribution < -0.4 is 5.32 Å². The van der Waals surface area contributed by atoms with Crippen LogP contribution in [0.3, 0.4) is 0 Å². The summed E-state index contributed by atoms with van der Waals surface area (Å²) in [7, 11) is 0. The fraction of sp³-hybridized carbons (Fsp3) is 0.625. The maximum absolute atomic E-state index is 5.96. The average Bonchev–Trinajstić information content (AvgIpc) is 2.90. The van der Waals surface area contributed by atoms with Crippen molar-refractivity contribution >= 4 is 24.0 Å². The van der Waals surface area contributed by atoms with Gasteiger partial charge >= 0.3 is 0 Å². The number of likely N-dealkylation sites (tertiary alicyclic amines) is 1. The average molecular weight is 315 g/mol. The molecule has 1 N–H and O–H groups in total. The first-order valence-corrected chi connectivity index (χ1v) is 7.91. The van der Waals surface area contributed by atoms with Gasteiger partial charge < -0.3 is 5.32 Å². The van der Waals surface area contributed by atoms with Crippen LogP contribution in [0.1, 0.15) is 31.2 Å². The lowest BCUT2D eigenvalue weighted by molar-refractivity contribution is 0.147. The van der Waals surface area contributed by atoms with Gasteiger partial charge in [0.25, 0.3) is 0 Å². The normalized spacial score (nSPS) is 24.6. The molecule has 0 saturated carbocycles. The molecule has 20 heavy (non-hydrogen) atoms. The second-order valence-corrected chi connectivity index (χ2v) is 6.28. The quantitative estimate of drug-likeness (QED) is 0.918. The number of nitrogens with zero attached hydrogens (tertiary/aromatic N) is 1. The van der Waals surface area contributed by atoms with E-state index in [1.165, 1.54) is 57.3 Å².